The highest BCUT2D eigenvalue weighted by Gasteiger charge is 2.14. The smallest absolute Gasteiger partial charge is 0.344 e. The fourth-order valence-electron chi connectivity index (χ4n) is 2.40. The lowest BCUT2D eigenvalue weighted by atomic mass is 10.0. The Morgan fingerprint density at radius 3 is 2.08 bits per heavy atom. The number of benzene rings is 3. The van der Waals surface area contributed by atoms with Gasteiger partial charge in [0.05, 0.1) is 24.3 Å². The zero-order valence-electron chi connectivity index (χ0n) is 13.9. The Bertz CT molecular complexity index is 974. The van der Waals surface area contributed by atoms with Gasteiger partial charge in [-0.05, 0) is 69.5 Å². The minimum absolute atomic E-state index is 0.389. The second-order valence-corrected chi connectivity index (χ2v) is 6.30. The maximum Gasteiger partial charge on any atom is 0.344 e. The molecule has 0 radical (unpaired) electrons. The van der Waals surface area contributed by atoms with E-state index in [1.807, 2.05) is 24.3 Å². The molecule has 0 amide bonds. The van der Waals surface area contributed by atoms with E-state index in [0.717, 1.165) is 11.1 Å². The molecule has 3 rings (SSSR count). The number of carbonyl (C=O) groups is 1. The van der Waals surface area contributed by atoms with Gasteiger partial charge in [0.1, 0.15) is 11.5 Å². The van der Waals surface area contributed by atoms with Crippen LogP contribution in [0.2, 0.25) is 0 Å². The van der Waals surface area contributed by atoms with Crippen LogP contribution in [0.4, 0.5) is 0 Å². The summed E-state index contributed by atoms with van der Waals surface area (Å²) in [6.45, 7) is 0. The van der Waals surface area contributed by atoms with Crippen LogP contribution in [-0.4, -0.2) is 13.1 Å². The first kappa shape index (κ1) is 17.7. The number of nitrogens with zero attached hydrogens (tertiary/aromatic N) is 1. The maximum absolute atomic E-state index is 12.4. The number of hydrogen-bond donors (Lipinski definition) is 0. The maximum atomic E-state index is 12.4. The van der Waals surface area contributed by atoms with Gasteiger partial charge in [-0.3, -0.25) is 0 Å². The average Bonchev–Trinajstić information content (AvgIpc) is 2.69. The molecule has 0 aliphatic carbocycles. The van der Waals surface area contributed by atoms with Gasteiger partial charge in [0, 0.05) is 4.47 Å². The molecular weight excluding hydrogens is 394 g/mol. The average molecular weight is 408 g/mol. The number of rotatable bonds is 4. The highest BCUT2D eigenvalue weighted by atomic mass is 79.9. The van der Waals surface area contributed by atoms with E-state index in [0.29, 0.717) is 27.1 Å². The minimum Gasteiger partial charge on any atom is -0.497 e. The molecule has 0 aliphatic heterocycles. The lowest BCUT2D eigenvalue weighted by Gasteiger charge is -2.09. The predicted octanol–water partition coefficient (Wildman–Crippen LogP) is 5.22. The van der Waals surface area contributed by atoms with Gasteiger partial charge in [0.15, 0.2) is 0 Å². The molecule has 0 aromatic heterocycles. The van der Waals surface area contributed by atoms with Gasteiger partial charge in [-0.25, -0.2) is 4.79 Å². The molecule has 3 aromatic rings. The van der Waals surface area contributed by atoms with Crippen LogP contribution in [0.5, 0.6) is 11.5 Å². The molecule has 0 aliphatic rings. The molecule has 0 fully saturated rings. The third-order valence-electron chi connectivity index (χ3n) is 3.81. The Morgan fingerprint density at radius 1 is 0.923 bits per heavy atom. The molecule has 5 heteroatoms. The van der Waals surface area contributed by atoms with Gasteiger partial charge in [0.2, 0.25) is 0 Å². The van der Waals surface area contributed by atoms with E-state index < -0.39 is 5.97 Å². The summed E-state index contributed by atoms with van der Waals surface area (Å²) in [7, 11) is 1.54. The summed E-state index contributed by atoms with van der Waals surface area (Å²) >= 11 is 3.35. The molecule has 0 saturated carbocycles. The third-order valence-corrected chi connectivity index (χ3v) is 4.50. The number of halogens is 1. The zero-order valence-corrected chi connectivity index (χ0v) is 15.5. The fraction of sp³-hybridized carbons (Fsp3) is 0.0476. The van der Waals surface area contributed by atoms with Gasteiger partial charge in [-0.15, -0.1) is 0 Å². The first-order chi connectivity index (χ1) is 12.6. The van der Waals surface area contributed by atoms with Crippen LogP contribution in [-0.2, 0) is 0 Å². The van der Waals surface area contributed by atoms with Crippen LogP contribution in [0, 0.1) is 11.3 Å². The highest BCUT2D eigenvalue weighted by Crippen LogP contribution is 2.26. The molecule has 128 valence electrons. The van der Waals surface area contributed by atoms with Gasteiger partial charge >= 0.3 is 5.97 Å². The molecule has 4 nitrogen and oxygen atoms in total. The van der Waals surface area contributed by atoms with Crippen LogP contribution in [0.1, 0.15) is 15.9 Å². The molecule has 0 saturated heterocycles. The third kappa shape index (κ3) is 3.93. The molecule has 0 atom stereocenters. The van der Waals surface area contributed by atoms with Crippen molar-refractivity contribution in [2.75, 3.05) is 7.11 Å². The van der Waals surface area contributed by atoms with E-state index in [2.05, 4.69) is 22.0 Å². The SMILES string of the molecule is COc1ccc(Br)c(C(=O)Oc2ccc(-c3ccc(C#N)cc3)cc2)c1. The number of ether oxygens (including phenoxy) is 2. The van der Waals surface area contributed by atoms with Crippen molar-refractivity contribution in [1.29, 1.82) is 5.26 Å². The molecule has 0 heterocycles. The van der Waals surface area contributed by atoms with Crippen LogP contribution >= 0.6 is 15.9 Å². The minimum atomic E-state index is -0.470. The number of esters is 1. The van der Waals surface area contributed by atoms with Crippen molar-refractivity contribution in [3.63, 3.8) is 0 Å². The Morgan fingerprint density at radius 2 is 1.50 bits per heavy atom. The first-order valence-corrected chi connectivity index (χ1v) is 8.56. The Labute approximate surface area is 159 Å². The standard InChI is InChI=1S/C21H14BrNO3/c1-25-18-10-11-20(22)19(12-18)21(24)26-17-8-6-16(7-9-17)15-4-2-14(13-23)3-5-15/h2-12H,1H3. The van der Waals surface area contributed by atoms with Crippen LogP contribution in [0.25, 0.3) is 11.1 Å². The Balaban J connectivity index is 1.77. The number of carbonyl (C=O) groups excluding carboxylic acids is 1. The monoisotopic (exact) mass is 407 g/mol. The molecule has 0 bridgehead atoms. The molecule has 3 aromatic carbocycles. The summed E-state index contributed by atoms with van der Waals surface area (Å²) in [6.07, 6.45) is 0. The Kier molecular flexibility index (Phi) is 5.35. The van der Waals surface area contributed by atoms with Crippen molar-refractivity contribution < 1.29 is 14.3 Å². The summed E-state index contributed by atoms with van der Waals surface area (Å²) in [6, 6.07) is 21.7. The van der Waals surface area contributed by atoms with Gasteiger partial charge in [-0.1, -0.05) is 24.3 Å². The lowest BCUT2D eigenvalue weighted by molar-refractivity contribution is 0.0733. The van der Waals surface area contributed by atoms with Crippen molar-refractivity contribution >= 4 is 21.9 Å². The Hall–Kier alpha value is -3.10. The normalized spacial score (nSPS) is 10.0. The van der Waals surface area contributed by atoms with E-state index in [-0.39, 0.29) is 0 Å². The van der Waals surface area contributed by atoms with Gasteiger partial charge in [0.25, 0.3) is 0 Å². The summed E-state index contributed by atoms with van der Waals surface area (Å²) in [5, 5.41) is 8.86. The van der Waals surface area contributed by atoms with Crippen molar-refractivity contribution in [3.05, 3.63) is 82.3 Å². The fourth-order valence-corrected chi connectivity index (χ4v) is 2.81. The summed E-state index contributed by atoms with van der Waals surface area (Å²) in [5.41, 5.74) is 2.96. The molecule has 0 spiro atoms. The molecule has 0 unspecified atom stereocenters. The van der Waals surface area contributed by atoms with E-state index >= 15 is 0 Å². The number of nitriles is 1. The number of hydrogen-bond acceptors (Lipinski definition) is 4. The van der Waals surface area contributed by atoms with Crippen LogP contribution < -0.4 is 9.47 Å². The van der Waals surface area contributed by atoms with E-state index in [1.54, 1.807) is 49.6 Å². The molecule has 0 N–H and O–H groups in total. The summed E-state index contributed by atoms with van der Waals surface area (Å²) in [4.78, 5) is 12.4. The van der Waals surface area contributed by atoms with E-state index in [1.165, 1.54) is 0 Å². The van der Waals surface area contributed by atoms with Crippen molar-refractivity contribution in [1.82, 2.24) is 0 Å². The molecular formula is C21H14BrNO3. The summed E-state index contributed by atoms with van der Waals surface area (Å²) < 4.78 is 11.2. The van der Waals surface area contributed by atoms with E-state index in [9.17, 15) is 4.79 Å². The highest BCUT2D eigenvalue weighted by molar-refractivity contribution is 9.10. The first-order valence-electron chi connectivity index (χ1n) is 7.77. The zero-order chi connectivity index (χ0) is 18.5. The van der Waals surface area contributed by atoms with Crippen molar-refractivity contribution in [2.45, 2.75) is 0 Å². The second-order valence-electron chi connectivity index (χ2n) is 5.45. The number of methoxy groups -OCH3 is 1. The lowest BCUT2D eigenvalue weighted by Crippen LogP contribution is -2.09. The van der Waals surface area contributed by atoms with Crippen molar-refractivity contribution in [2.24, 2.45) is 0 Å². The van der Waals surface area contributed by atoms with Crippen molar-refractivity contribution in [3.8, 4) is 28.7 Å². The van der Waals surface area contributed by atoms with Gasteiger partial charge < -0.3 is 9.47 Å². The quantitative estimate of drug-likeness (QED) is 0.439. The largest absolute Gasteiger partial charge is 0.497 e. The predicted molar refractivity (Wildman–Crippen MR) is 102 cm³/mol. The van der Waals surface area contributed by atoms with Gasteiger partial charge in [-0.2, -0.15) is 5.26 Å². The van der Waals surface area contributed by atoms with E-state index in [4.69, 9.17) is 14.7 Å². The summed E-state index contributed by atoms with van der Waals surface area (Å²) in [5.74, 6) is 0.556. The molecule has 26 heavy (non-hydrogen) atoms. The van der Waals surface area contributed by atoms with Crippen LogP contribution in [0.3, 0.4) is 0 Å². The topological polar surface area (TPSA) is 59.3 Å². The second kappa shape index (κ2) is 7.85. The van der Waals surface area contributed by atoms with Crippen LogP contribution in [0.15, 0.2) is 71.2 Å².